The van der Waals surface area contributed by atoms with Gasteiger partial charge in [0.05, 0.1) is 25.9 Å². The first-order valence-corrected chi connectivity index (χ1v) is 8.37. The number of benzene rings is 1. The van der Waals surface area contributed by atoms with E-state index in [2.05, 4.69) is 10.6 Å². The van der Waals surface area contributed by atoms with Crippen LogP contribution in [0.25, 0.3) is 0 Å². The van der Waals surface area contributed by atoms with Crippen LogP contribution >= 0.6 is 0 Å². The highest BCUT2D eigenvalue weighted by Crippen LogP contribution is 2.19. The monoisotopic (exact) mass is 363 g/mol. The average Bonchev–Trinajstić information content (AvgIpc) is 2.94. The molecular weight excluding hydrogens is 342 g/mol. The highest BCUT2D eigenvalue weighted by atomic mass is 16.5. The van der Waals surface area contributed by atoms with Gasteiger partial charge < -0.3 is 24.8 Å². The first kappa shape index (κ1) is 18.2. The maximum Gasteiger partial charge on any atom is 0.325 e. The Hall–Kier alpha value is -2.65. The molecule has 2 heterocycles. The fourth-order valence-corrected chi connectivity index (χ4v) is 2.88. The number of hydrogen-bond acceptors (Lipinski definition) is 6. The topological polar surface area (TPSA) is 117 Å². The summed E-state index contributed by atoms with van der Waals surface area (Å²) in [5, 5.41) is 14.0. The Morgan fingerprint density at radius 3 is 2.77 bits per heavy atom. The molecule has 1 aromatic carbocycles. The number of rotatable bonds is 6. The maximum absolute atomic E-state index is 12.2. The molecule has 2 aliphatic heterocycles. The summed E-state index contributed by atoms with van der Waals surface area (Å²) in [6.07, 6.45) is 0.330. The largest absolute Gasteiger partial charge is 0.488 e. The van der Waals surface area contributed by atoms with Crippen LogP contribution in [0.2, 0.25) is 0 Å². The summed E-state index contributed by atoms with van der Waals surface area (Å²) in [5.74, 6) is -0.163. The van der Waals surface area contributed by atoms with Gasteiger partial charge in [0.15, 0.2) is 0 Å². The van der Waals surface area contributed by atoms with Crippen molar-refractivity contribution >= 4 is 17.8 Å². The number of hydrogen-bond donors (Lipinski definition) is 3. The molecule has 1 aromatic rings. The quantitative estimate of drug-likeness (QED) is 0.580. The molecule has 3 rings (SSSR count). The van der Waals surface area contributed by atoms with Gasteiger partial charge in [0.2, 0.25) is 11.8 Å². The summed E-state index contributed by atoms with van der Waals surface area (Å²) in [6, 6.07) is 6.13. The van der Waals surface area contributed by atoms with E-state index in [-0.39, 0.29) is 37.7 Å². The molecule has 3 N–H and O–H groups in total. The number of urea groups is 1. The lowest BCUT2D eigenvalue weighted by molar-refractivity contribution is -0.125. The summed E-state index contributed by atoms with van der Waals surface area (Å²) in [6.45, 7) is 0.463. The van der Waals surface area contributed by atoms with Gasteiger partial charge in [0.25, 0.3) is 0 Å². The minimum absolute atomic E-state index is 0.0389. The Balaban J connectivity index is 1.56. The lowest BCUT2D eigenvalue weighted by atomic mass is 10.1. The number of nitrogens with zero attached hydrogens (tertiary/aromatic N) is 1. The van der Waals surface area contributed by atoms with Gasteiger partial charge in [-0.3, -0.25) is 14.9 Å². The smallest absolute Gasteiger partial charge is 0.325 e. The third-order valence-electron chi connectivity index (χ3n) is 4.24. The van der Waals surface area contributed by atoms with Crippen LogP contribution in [0.5, 0.6) is 5.75 Å². The van der Waals surface area contributed by atoms with E-state index in [1.54, 1.807) is 24.3 Å². The van der Waals surface area contributed by atoms with E-state index >= 15 is 0 Å². The summed E-state index contributed by atoms with van der Waals surface area (Å²) in [4.78, 5) is 36.1. The maximum atomic E-state index is 12.2. The number of carbonyl (C=O) groups is 3. The SMILES string of the molecule is O=C1CN(CC(=O)N[C@@H]2COCC[C@H]2Oc2ccc(CO)cc2)C(=O)N1. The second kappa shape index (κ2) is 8.15. The van der Waals surface area contributed by atoms with Gasteiger partial charge in [-0.2, -0.15) is 0 Å². The lowest BCUT2D eigenvalue weighted by Gasteiger charge is -2.32. The Bertz CT molecular complexity index is 678. The average molecular weight is 363 g/mol. The van der Waals surface area contributed by atoms with Crippen LogP contribution in [0.4, 0.5) is 4.79 Å². The van der Waals surface area contributed by atoms with E-state index < -0.39 is 11.9 Å². The molecule has 0 unspecified atom stereocenters. The zero-order chi connectivity index (χ0) is 18.5. The van der Waals surface area contributed by atoms with Crippen molar-refractivity contribution in [2.45, 2.75) is 25.2 Å². The molecule has 140 valence electrons. The fraction of sp³-hybridized carbons (Fsp3) is 0.471. The van der Waals surface area contributed by atoms with E-state index in [4.69, 9.17) is 14.6 Å². The van der Waals surface area contributed by atoms with Crippen LogP contribution in [0.1, 0.15) is 12.0 Å². The van der Waals surface area contributed by atoms with E-state index in [0.717, 1.165) is 10.5 Å². The minimum atomic E-state index is -0.568. The first-order chi connectivity index (χ1) is 12.5. The molecule has 0 radical (unpaired) electrons. The van der Waals surface area contributed by atoms with Crippen LogP contribution < -0.4 is 15.4 Å². The van der Waals surface area contributed by atoms with E-state index in [1.807, 2.05) is 0 Å². The molecule has 0 aromatic heterocycles. The van der Waals surface area contributed by atoms with Crippen LogP contribution in [0.15, 0.2) is 24.3 Å². The van der Waals surface area contributed by atoms with Gasteiger partial charge >= 0.3 is 6.03 Å². The van der Waals surface area contributed by atoms with Crippen molar-refractivity contribution < 1.29 is 29.0 Å². The Labute approximate surface area is 150 Å². The van der Waals surface area contributed by atoms with E-state index in [1.165, 1.54) is 0 Å². The lowest BCUT2D eigenvalue weighted by Crippen LogP contribution is -2.53. The Morgan fingerprint density at radius 1 is 1.35 bits per heavy atom. The van der Waals surface area contributed by atoms with Gasteiger partial charge in [-0.1, -0.05) is 12.1 Å². The second-order valence-corrected chi connectivity index (χ2v) is 6.21. The van der Waals surface area contributed by atoms with Crippen molar-refractivity contribution in [1.82, 2.24) is 15.5 Å². The number of ether oxygens (including phenoxy) is 2. The van der Waals surface area contributed by atoms with Crippen LogP contribution in [0.3, 0.4) is 0 Å². The van der Waals surface area contributed by atoms with Crippen molar-refractivity contribution in [3.05, 3.63) is 29.8 Å². The van der Waals surface area contributed by atoms with Gasteiger partial charge in [0.1, 0.15) is 24.9 Å². The summed E-state index contributed by atoms with van der Waals surface area (Å²) in [7, 11) is 0. The molecule has 0 saturated carbocycles. The predicted molar refractivity (Wildman–Crippen MR) is 89.3 cm³/mol. The summed E-state index contributed by atoms with van der Waals surface area (Å²) >= 11 is 0. The van der Waals surface area contributed by atoms with E-state index in [9.17, 15) is 14.4 Å². The number of imide groups is 1. The van der Waals surface area contributed by atoms with Crippen molar-refractivity contribution in [3.63, 3.8) is 0 Å². The van der Waals surface area contributed by atoms with Crippen LogP contribution in [-0.4, -0.2) is 66.3 Å². The molecule has 2 aliphatic rings. The summed E-state index contributed by atoms with van der Waals surface area (Å²) < 4.78 is 11.4. The Morgan fingerprint density at radius 2 is 2.12 bits per heavy atom. The molecule has 2 atom stereocenters. The molecule has 26 heavy (non-hydrogen) atoms. The zero-order valence-corrected chi connectivity index (χ0v) is 14.1. The van der Waals surface area contributed by atoms with Crippen LogP contribution in [0, 0.1) is 0 Å². The fourth-order valence-electron chi connectivity index (χ4n) is 2.88. The molecule has 4 amide bonds. The molecule has 0 aliphatic carbocycles. The molecule has 2 saturated heterocycles. The number of nitrogens with one attached hydrogen (secondary N) is 2. The normalized spacial score (nSPS) is 22.9. The van der Waals surface area contributed by atoms with Gasteiger partial charge in [-0.15, -0.1) is 0 Å². The number of amides is 4. The molecule has 0 spiro atoms. The van der Waals surface area contributed by atoms with Crippen molar-refractivity contribution in [2.24, 2.45) is 0 Å². The number of aliphatic hydroxyl groups is 1. The third-order valence-corrected chi connectivity index (χ3v) is 4.24. The number of aliphatic hydroxyl groups excluding tert-OH is 1. The summed E-state index contributed by atoms with van der Waals surface area (Å²) in [5.41, 5.74) is 0.785. The van der Waals surface area contributed by atoms with Crippen molar-refractivity contribution in [2.75, 3.05) is 26.3 Å². The molecular formula is C17H21N3O6. The third kappa shape index (κ3) is 4.50. The van der Waals surface area contributed by atoms with Crippen LogP contribution in [-0.2, 0) is 20.9 Å². The molecule has 9 heteroatoms. The van der Waals surface area contributed by atoms with Crippen molar-refractivity contribution in [3.8, 4) is 5.75 Å². The van der Waals surface area contributed by atoms with Gasteiger partial charge in [-0.25, -0.2) is 4.79 Å². The highest BCUT2D eigenvalue weighted by Gasteiger charge is 2.32. The zero-order valence-electron chi connectivity index (χ0n) is 14.1. The van der Waals surface area contributed by atoms with E-state index in [0.29, 0.717) is 25.4 Å². The number of carbonyl (C=O) groups excluding carboxylic acids is 3. The predicted octanol–water partition coefficient (Wildman–Crippen LogP) is -0.617. The second-order valence-electron chi connectivity index (χ2n) is 6.21. The molecule has 0 bridgehead atoms. The van der Waals surface area contributed by atoms with Gasteiger partial charge in [0, 0.05) is 6.42 Å². The van der Waals surface area contributed by atoms with Gasteiger partial charge in [-0.05, 0) is 17.7 Å². The standard InChI is InChI=1S/C17H21N3O6/c21-9-11-1-3-12(4-2-11)26-14-5-6-25-10-13(14)18-15(22)7-20-8-16(23)19-17(20)24/h1-4,13-14,21H,5-10H2,(H,18,22)(H,19,23,24)/t13-,14-/m1/s1. The molecule has 9 nitrogen and oxygen atoms in total. The Kier molecular flexibility index (Phi) is 5.69. The molecule has 2 fully saturated rings. The minimum Gasteiger partial charge on any atom is -0.488 e. The first-order valence-electron chi connectivity index (χ1n) is 8.37. The highest BCUT2D eigenvalue weighted by molar-refractivity contribution is 6.03. The van der Waals surface area contributed by atoms with Crippen molar-refractivity contribution in [1.29, 1.82) is 0 Å².